The van der Waals surface area contributed by atoms with E-state index in [1.54, 1.807) is 0 Å². The van der Waals surface area contributed by atoms with Crippen molar-refractivity contribution < 1.29 is 44.6 Å². The largest absolute Gasteiger partial charge is 0.431 e. The Balaban J connectivity index is 1.36. The van der Waals surface area contributed by atoms with Crippen LogP contribution in [0, 0.1) is 29.3 Å². The molecule has 0 atom stereocenters. The molecule has 0 saturated heterocycles. The van der Waals surface area contributed by atoms with E-state index in [2.05, 4.69) is 10.8 Å². The molecule has 0 bridgehead atoms. The highest BCUT2D eigenvalue weighted by atomic mass is 19.4. The summed E-state index contributed by atoms with van der Waals surface area (Å²) in [7, 11) is 0. The fraction of sp³-hybridized carbons (Fsp3) is 0.500. The molecule has 2 aromatic carbocycles. The molecule has 2 aromatic rings. The lowest BCUT2D eigenvalue weighted by atomic mass is 9.78. The number of alkyl halides is 5. The van der Waals surface area contributed by atoms with Gasteiger partial charge in [0.15, 0.2) is 6.61 Å². The van der Waals surface area contributed by atoms with Gasteiger partial charge in [0.2, 0.25) is 0 Å². The second kappa shape index (κ2) is 13.6. The normalized spacial score (nSPS) is 24.0. The first-order chi connectivity index (χ1) is 19.8. The third-order valence-corrected chi connectivity index (χ3v) is 8.01. The second-order valence-corrected chi connectivity index (χ2v) is 11.1. The summed E-state index contributed by atoms with van der Waals surface area (Å²) < 4.78 is 121. The molecule has 0 N–H and O–H groups in total. The number of allylic oxidation sites excluding steroid dienone is 4. The minimum Gasteiger partial charge on any atom is -0.431 e. The number of hydrogen-bond acceptors (Lipinski definition) is 2. The molecule has 0 heterocycles. The first-order valence-electron chi connectivity index (χ1n) is 14.2. The lowest BCUT2D eigenvalue weighted by molar-refractivity contribution is -0.222. The molecule has 2 saturated carbocycles. The van der Waals surface area contributed by atoms with Gasteiger partial charge in [-0.05, 0) is 106 Å². The quantitative estimate of drug-likeness (QED) is 0.210. The molecule has 0 aliphatic heterocycles. The number of halogens is 8. The molecule has 0 unspecified atom stereocenters. The van der Waals surface area contributed by atoms with Crippen LogP contribution in [0.2, 0.25) is 0 Å². The summed E-state index contributed by atoms with van der Waals surface area (Å²) in [6.07, 6.45) is 1.21. The van der Waals surface area contributed by atoms with E-state index in [0.717, 1.165) is 49.2 Å². The summed E-state index contributed by atoms with van der Waals surface area (Å²) in [5, 5.41) is 0. The lowest BCUT2D eigenvalue weighted by Crippen LogP contribution is -2.34. The fourth-order valence-corrected chi connectivity index (χ4v) is 5.91. The van der Waals surface area contributed by atoms with Crippen molar-refractivity contribution in [3.63, 3.8) is 0 Å². The highest BCUT2D eigenvalue weighted by molar-refractivity contribution is 5.66. The average molecular weight is 603 g/mol. The SMILES string of the molecule is C/C=C/C1CCC(OCC(F)(F)Oc2ccc(-c3cc(F)c(C4CCC(/C=C/C(F)(F)F)CC4)c(F)c3)c(F)c2)CC1. The van der Waals surface area contributed by atoms with E-state index in [0.29, 0.717) is 44.4 Å². The Bertz CT molecular complexity index is 1230. The van der Waals surface area contributed by atoms with Gasteiger partial charge in [-0.3, -0.25) is 0 Å². The van der Waals surface area contributed by atoms with Crippen LogP contribution in [0.5, 0.6) is 5.75 Å². The fourth-order valence-electron chi connectivity index (χ4n) is 5.91. The Hall–Kier alpha value is -2.88. The third-order valence-electron chi connectivity index (χ3n) is 8.01. The summed E-state index contributed by atoms with van der Waals surface area (Å²) in [6, 6.07) is 4.87. The van der Waals surface area contributed by atoms with E-state index < -0.39 is 48.0 Å². The summed E-state index contributed by atoms with van der Waals surface area (Å²) in [5.74, 6) is -3.70. The molecule has 0 radical (unpaired) electrons. The molecular weight excluding hydrogens is 568 g/mol. The number of hydrogen-bond donors (Lipinski definition) is 0. The van der Waals surface area contributed by atoms with Gasteiger partial charge in [-0.25, -0.2) is 13.2 Å². The van der Waals surface area contributed by atoms with Crippen molar-refractivity contribution >= 4 is 0 Å². The zero-order valence-electron chi connectivity index (χ0n) is 23.2. The zero-order valence-corrected chi connectivity index (χ0v) is 23.2. The molecule has 2 nitrogen and oxygen atoms in total. The Morgan fingerprint density at radius 2 is 1.36 bits per heavy atom. The maximum Gasteiger partial charge on any atom is 0.421 e. The van der Waals surface area contributed by atoms with Crippen LogP contribution in [0.4, 0.5) is 35.1 Å². The van der Waals surface area contributed by atoms with Gasteiger partial charge in [-0.1, -0.05) is 18.2 Å². The van der Waals surface area contributed by atoms with Crippen LogP contribution in [0.25, 0.3) is 11.1 Å². The van der Waals surface area contributed by atoms with E-state index in [9.17, 15) is 26.3 Å². The first-order valence-corrected chi connectivity index (χ1v) is 14.2. The Morgan fingerprint density at radius 3 is 1.93 bits per heavy atom. The lowest BCUT2D eigenvalue weighted by Gasteiger charge is -2.28. The van der Waals surface area contributed by atoms with Crippen LogP contribution in [0.3, 0.4) is 0 Å². The van der Waals surface area contributed by atoms with Gasteiger partial charge in [-0.15, -0.1) is 0 Å². The monoisotopic (exact) mass is 602 g/mol. The van der Waals surface area contributed by atoms with E-state index >= 15 is 8.78 Å². The molecule has 4 rings (SSSR count). The highest BCUT2D eigenvalue weighted by Crippen LogP contribution is 2.40. The highest BCUT2D eigenvalue weighted by Gasteiger charge is 2.35. The molecule has 0 amide bonds. The Morgan fingerprint density at radius 1 is 0.762 bits per heavy atom. The van der Waals surface area contributed by atoms with Gasteiger partial charge in [0.25, 0.3) is 0 Å². The van der Waals surface area contributed by atoms with Gasteiger partial charge in [0.05, 0.1) is 6.10 Å². The molecule has 2 fully saturated rings. The summed E-state index contributed by atoms with van der Waals surface area (Å²) in [6.45, 7) is 0.943. The number of benzene rings is 2. The third kappa shape index (κ3) is 8.82. The van der Waals surface area contributed by atoms with Crippen molar-refractivity contribution in [3.05, 3.63) is 77.7 Å². The van der Waals surface area contributed by atoms with Gasteiger partial charge in [0, 0.05) is 23.3 Å². The van der Waals surface area contributed by atoms with E-state index in [4.69, 9.17) is 4.74 Å². The summed E-state index contributed by atoms with van der Waals surface area (Å²) in [5.41, 5.74) is -0.513. The van der Waals surface area contributed by atoms with Crippen LogP contribution < -0.4 is 4.74 Å². The molecule has 10 heteroatoms. The molecule has 230 valence electrons. The Labute approximate surface area is 240 Å². The zero-order chi connectivity index (χ0) is 30.5. The predicted octanol–water partition coefficient (Wildman–Crippen LogP) is 10.3. The van der Waals surface area contributed by atoms with Gasteiger partial charge >= 0.3 is 12.3 Å². The summed E-state index contributed by atoms with van der Waals surface area (Å²) in [4.78, 5) is 0. The predicted molar refractivity (Wildman–Crippen MR) is 144 cm³/mol. The van der Waals surface area contributed by atoms with Crippen LogP contribution in [0.1, 0.15) is 69.8 Å². The topological polar surface area (TPSA) is 18.5 Å². The van der Waals surface area contributed by atoms with Crippen molar-refractivity contribution in [2.24, 2.45) is 11.8 Å². The minimum absolute atomic E-state index is 0.122. The van der Waals surface area contributed by atoms with Crippen LogP contribution in [-0.2, 0) is 4.74 Å². The van der Waals surface area contributed by atoms with Crippen molar-refractivity contribution in [3.8, 4) is 16.9 Å². The smallest absolute Gasteiger partial charge is 0.421 e. The molecule has 0 aromatic heterocycles. The number of ether oxygens (including phenoxy) is 2. The van der Waals surface area contributed by atoms with E-state index in [-0.39, 0.29) is 34.8 Å². The van der Waals surface area contributed by atoms with Crippen LogP contribution in [0.15, 0.2) is 54.6 Å². The molecule has 0 spiro atoms. The second-order valence-electron chi connectivity index (χ2n) is 11.1. The minimum atomic E-state index is -4.41. The molecular formula is C32H34F8O2. The van der Waals surface area contributed by atoms with Crippen molar-refractivity contribution in [1.82, 2.24) is 0 Å². The maximum absolute atomic E-state index is 15.0. The average Bonchev–Trinajstić information content (AvgIpc) is 2.91. The van der Waals surface area contributed by atoms with Crippen LogP contribution >= 0.6 is 0 Å². The van der Waals surface area contributed by atoms with Crippen molar-refractivity contribution in [2.75, 3.05) is 6.61 Å². The summed E-state index contributed by atoms with van der Waals surface area (Å²) >= 11 is 0. The Kier molecular flexibility index (Phi) is 10.4. The van der Waals surface area contributed by atoms with E-state index in [1.165, 1.54) is 0 Å². The number of rotatable bonds is 9. The standard InChI is InChI=1S/C32H34F8O2/c1-2-3-20-6-10-24(11-7-20)41-19-32(39,40)42-25-12-13-26(27(33)18-25)23-16-28(34)30(29(35)17-23)22-8-4-21(5-9-22)14-15-31(36,37)38/h2-3,12-18,20-22,24H,4-11,19H2,1H3/b3-2+,15-14+. The molecule has 2 aliphatic rings. The van der Waals surface area contributed by atoms with Gasteiger partial charge in [0.1, 0.15) is 23.2 Å². The van der Waals surface area contributed by atoms with Gasteiger partial charge < -0.3 is 9.47 Å². The molecule has 2 aliphatic carbocycles. The van der Waals surface area contributed by atoms with Gasteiger partial charge in [-0.2, -0.15) is 22.0 Å². The maximum atomic E-state index is 15.0. The van der Waals surface area contributed by atoms with E-state index in [1.807, 2.05) is 13.0 Å². The molecule has 42 heavy (non-hydrogen) atoms. The van der Waals surface area contributed by atoms with Crippen molar-refractivity contribution in [2.45, 2.75) is 82.6 Å². The van der Waals surface area contributed by atoms with Crippen molar-refractivity contribution in [1.29, 1.82) is 0 Å². The van der Waals surface area contributed by atoms with Crippen LogP contribution in [-0.4, -0.2) is 25.0 Å². The first kappa shape index (κ1) is 32.0.